The highest BCUT2D eigenvalue weighted by Crippen LogP contribution is 2.01. The standard InChI is InChI=1S/2C6H6S.H2S2/c2*7-6-4-2-1-3-5-6;1-2/h2*1-5,7H;1-2H. The molecule has 0 saturated carbocycles. The molecule has 0 bridgehead atoms. The van der Waals surface area contributed by atoms with Crippen molar-refractivity contribution in [1.29, 1.82) is 0 Å². The van der Waals surface area contributed by atoms with Gasteiger partial charge in [0.25, 0.3) is 0 Å². The maximum Gasteiger partial charge on any atom is 0.00399 e. The van der Waals surface area contributed by atoms with Crippen LogP contribution in [0.25, 0.3) is 0 Å². The topological polar surface area (TPSA) is 0 Å². The van der Waals surface area contributed by atoms with Crippen LogP contribution in [0.3, 0.4) is 0 Å². The molecule has 0 amide bonds. The van der Waals surface area contributed by atoms with E-state index in [1.165, 1.54) is 0 Å². The first-order valence-corrected chi connectivity index (χ1v) is 6.96. The summed E-state index contributed by atoms with van der Waals surface area (Å²) in [5.41, 5.74) is 0. The summed E-state index contributed by atoms with van der Waals surface area (Å²) in [6, 6.07) is 19.6. The van der Waals surface area contributed by atoms with E-state index >= 15 is 0 Å². The molecule has 2 aromatic rings. The van der Waals surface area contributed by atoms with Crippen LogP contribution < -0.4 is 0 Å². The number of rotatable bonds is 0. The van der Waals surface area contributed by atoms with Crippen molar-refractivity contribution in [3.05, 3.63) is 60.7 Å². The van der Waals surface area contributed by atoms with Crippen LogP contribution in [0.1, 0.15) is 0 Å². The van der Waals surface area contributed by atoms with Crippen LogP contribution in [0.4, 0.5) is 0 Å². The number of hydrogen-bond acceptors (Lipinski definition) is 4. The van der Waals surface area contributed by atoms with E-state index in [2.05, 4.69) is 48.6 Å². The Morgan fingerprint density at radius 3 is 0.875 bits per heavy atom. The van der Waals surface area contributed by atoms with Crippen LogP contribution in [-0.4, -0.2) is 0 Å². The number of thiol groups is 4. The highest BCUT2D eigenvalue weighted by atomic mass is 33.1. The van der Waals surface area contributed by atoms with Crippen molar-refractivity contribution in [1.82, 2.24) is 0 Å². The van der Waals surface area contributed by atoms with E-state index in [0.717, 1.165) is 9.79 Å². The van der Waals surface area contributed by atoms with Crippen LogP contribution >= 0.6 is 48.6 Å². The fraction of sp³-hybridized carbons (Fsp3) is 0. The zero-order chi connectivity index (χ0) is 12.2. The highest BCUT2D eigenvalue weighted by Gasteiger charge is 1.73. The summed E-state index contributed by atoms with van der Waals surface area (Å²) in [7, 11) is 0. The number of hydrogen-bond donors (Lipinski definition) is 4. The lowest BCUT2D eigenvalue weighted by molar-refractivity contribution is 1.48. The van der Waals surface area contributed by atoms with Gasteiger partial charge >= 0.3 is 0 Å². The van der Waals surface area contributed by atoms with Gasteiger partial charge in [0, 0.05) is 9.79 Å². The van der Waals surface area contributed by atoms with Crippen LogP contribution in [-0.2, 0) is 0 Å². The SMILES string of the molecule is SS.Sc1ccccc1.Sc1ccccc1. The maximum absolute atomic E-state index is 4.08. The third-order valence-electron chi connectivity index (χ3n) is 1.51. The molecule has 2 aromatic carbocycles. The molecule has 0 aromatic heterocycles. The lowest BCUT2D eigenvalue weighted by Gasteiger charge is -1.81. The number of benzene rings is 2. The zero-order valence-corrected chi connectivity index (χ0v) is 12.1. The predicted molar refractivity (Wildman–Crippen MR) is 85.4 cm³/mol. The van der Waals surface area contributed by atoms with Crippen molar-refractivity contribution < 1.29 is 0 Å². The molecule has 0 aliphatic rings. The summed E-state index contributed by atoms with van der Waals surface area (Å²) in [6.45, 7) is 0. The first-order valence-electron chi connectivity index (χ1n) is 4.47. The summed E-state index contributed by atoms with van der Waals surface area (Å²) < 4.78 is 0. The smallest absolute Gasteiger partial charge is 0.00399 e. The molecule has 0 unspecified atom stereocenters. The van der Waals surface area contributed by atoms with Crippen molar-refractivity contribution >= 4 is 48.6 Å². The Morgan fingerprint density at radius 2 is 0.750 bits per heavy atom. The molecule has 4 heteroatoms. The molecule has 0 heterocycles. The van der Waals surface area contributed by atoms with Gasteiger partial charge in [0.15, 0.2) is 0 Å². The first kappa shape index (κ1) is 15.8. The molecule has 0 saturated heterocycles. The molecule has 0 nitrogen and oxygen atoms in total. The fourth-order valence-corrected chi connectivity index (χ4v) is 1.20. The van der Waals surface area contributed by atoms with E-state index in [9.17, 15) is 0 Å². The summed E-state index contributed by atoms with van der Waals surface area (Å²) in [4.78, 5) is 2.03. The van der Waals surface area contributed by atoms with Gasteiger partial charge in [-0.25, -0.2) is 0 Å². The summed E-state index contributed by atoms with van der Waals surface area (Å²) in [5, 5.41) is 0. The minimum Gasteiger partial charge on any atom is -0.143 e. The second-order valence-electron chi connectivity index (χ2n) is 2.67. The second kappa shape index (κ2) is 11.3. The van der Waals surface area contributed by atoms with Crippen LogP contribution in [0.2, 0.25) is 0 Å². The molecule has 0 aliphatic heterocycles. The van der Waals surface area contributed by atoms with E-state index in [-0.39, 0.29) is 0 Å². The van der Waals surface area contributed by atoms with E-state index in [4.69, 9.17) is 0 Å². The molecule has 0 radical (unpaired) electrons. The van der Waals surface area contributed by atoms with Crippen molar-refractivity contribution in [3.8, 4) is 0 Å². The van der Waals surface area contributed by atoms with E-state index < -0.39 is 0 Å². The van der Waals surface area contributed by atoms with E-state index in [1.54, 1.807) is 0 Å². The van der Waals surface area contributed by atoms with Gasteiger partial charge in [-0.1, -0.05) is 36.4 Å². The Labute approximate surface area is 119 Å². The van der Waals surface area contributed by atoms with Gasteiger partial charge in [0.05, 0.1) is 0 Å². The summed E-state index contributed by atoms with van der Waals surface area (Å²) >= 11 is 14.6. The quantitative estimate of drug-likeness (QED) is 0.391. The largest absolute Gasteiger partial charge is 0.143 e. The van der Waals surface area contributed by atoms with E-state index in [0.29, 0.717) is 0 Å². The molecule has 2 rings (SSSR count). The van der Waals surface area contributed by atoms with Gasteiger partial charge in [-0.05, 0) is 24.3 Å². The van der Waals surface area contributed by atoms with Crippen molar-refractivity contribution in [2.75, 3.05) is 0 Å². The predicted octanol–water partition coefficient (Wildman–Crippen LogP) is 4.71. The Balaban J connectivity index is 0.000000244. The van der Waals surface area contributed by atoms with Gasteiger partial charge in [-0.3, -0.25) is 0 Å². The normalized spacial score (nSPS) is 8.00. The van der Waals surface area contributed by atoms with Gasteiger partial charge in [-0.2, -0.15) is 0 Å². The average Bonchev–Trinajstić information content (AvgIpc) is 2.34. The van der Waals surface area contributed by atoms with E-state index in [1.807, 2.05) is 60.7 Å². The molecular weight excluding hydrogens is 272 g/mol. The summed E-state index contributed by atoms with van der Waals surface area (Å²) in [5.74, 6) is 0. The third kappa shape index (κ3) is 9.09. The Morgan fingerprint density at radius 1 is 0.500 bits per heavy atom. The maximum atomic E-state index is 4.08. The molecule has 0 N–H and O–H groups in total. The van der Waals surface area contributed by atoms with Gasteiger partial charge in [0.1, 0.15) is 0 Å². The van der Waals surface area contributed by atoms with Gasteiger partial charge in [0.2, 0.25) is 0 Å². The molecule has 0 spiro atoms. The lowest BCUT2D eigenvalue weighted by Crippen LogP contribution is -1.56. The van der Waals surface area contributed by atoms with Crippen molar-refractivity contribution in [2.45, 2.75) is 9.79 Å². The van der Waals surface area contributed by atoms with Crippen LogP contribution in [0.5, 0.6) is 0 Å². The monoisotopic (exact) mass is 286 g/mol. The zero-order valence-electron chi connectivity index (χ0n) is 8.56. The molecule has 0 atom stereocenters. The molecule has 86 valence electrons. The van der Waals surface area contributed by atoms with Crippen molar-refractivity contribution in [3.63, 3.8) is 0 Å². The Bertz CT molecular complexity index is 310. The molecule has 16 heavy (non-hydrogen) atoms. The Kier molecular flexibility index (Phi) is 11.2. The highest BCUT2D eigenvalue weighted by molar-refractivity contribution is 8.59. The Hall–Kier alpha value is -0.160. The van der Waals surface area contributed by atoms with Gasteiger partial charge in [-0.15, -0.1) is 48.6 Å². The van der Waals surface area contributed by atoms with Crippen molar-refractivity contribution in [2.24, 2.45) is 0 Å². The second-order valence-corrected chi connectivity index (χ2v) is 3.70. The molecular formula is C12H14S4. The van der Waals surface area contributed by atoms with Gasteiger partial charge < -0.3 is 0 Å². The lowest BCUT2D eigenvalue weighted by atomic mass is 10.4. The molecule has 0 fully saturated rings. The average molecular weight is 287 g/mol. The minimum absolute atomic E-state index is 1.02. The minimum atomic E-state index is 1.02. The fourth-order valence-electron chi connectivity index (χ4n) is 0.856. The van der Waals surface area contributed by atoms with Crippen LogP contribution in [0, 0.1) is 0 Å². The molecule has 0 aliphatic carbocycles. The third-order valence-corrected chi connectivity index (χ3v) is 2.11. The van der Waals surface area contributed by atoms with Crippen LogP contribution in [0.15, 0.2) is 70.5 Å². The summed E-state index contributed by atoms with van der Waals surface area (Å²) in [6.07, 6.45) is 0. The first-order chi connectivity index (χ1) is 7.79.